The molecule has 16 heavy (non-hydrogen) atoms. The highest BCUT2D eigenvalue weighted by molar-refractivity contribution is 4.72. The Balaban J connectivity index is 1.95. The second kappa shape index (κ2) is 8.04. The van der Waals surface area contributed by atoms with Crippen LogP contribution in [0.2, 0.25) is 0 Å². The van der Waals surface area contributed by atoms with Crippen molar-refractivity contribution in [1.82, 2.24) is 5.32 Å². The summed E-state index contributed by atoms with van der Waals surface area (Å²) in [5, 5.41) is 12.9. The monoisotopic (exact) mass is 229 g/mol. The smallest absolute Gasteiger partial charge is 0.0590 e. The van der Waals surface area contributed by atoms with Gasteiger partial charge in [-0.2, -0.15) is 0 Å². The lowest BCUT2D eigenvalue weighted by Crippen LogP contribution is -2.31. The van der Waals surface area contributed by atoms with Gasteiger partial charge in [0.2, 0.25) is 0 Å². The van der Waals surface area contributed by atoms with Gasteiger partial charge in [-0.3, -0.25) is 0 Å². The fraction of sp³-hybridized carbons (Fsp3) is 1.00. The van der Waals surface area contributed by atoms with Gasteiger partial charge >= 0.3 is 0 Å². The maximum atomic E-state index is 9.41. The minimum Gasteiger partial charge on any atom is -0.393 e. The molecule has 0 radical (unpaired) electrons. The van der Waals surface area contributed by atoms with Gasteiger partial charge in [-0.1, -0.05) is 6.92 Å². The maximum absolute atomic E-state index is 9.41. The molecule has 1 rings (SSSR count). The van der Waals surface area contributed by atoms with Crippen LogP contribution in [0.5, 0.6) is 0 Å². The minimum atomic E-state index is -0.115. The lowest BCUT2D eigenvalue weighted by molar-refractivity contribution is 0.0960. The molecule has 1 aliphatic rings. The molecule has 3 unspecified atom stereocenters. The van der Waals surface area contributed by atoms with Crippen molar-refractivity contribution >= 4 is 0 Å². The Hall–Kier alpha value is -0.120. The Morgan fingerprint density at radius 2 is 2.31 bits per heavy atom. The molecule has 3 nitrogen and oxygen atoms in total. The standard InChI is InChI=1S/C13H27NO2/c1-3-12(15)6-4-8-14-11(2)10-13-7-5-9-16-13/h11-15H,3-10H2,1-2H3. The zero-order valence-electron chi connectivity index (χ0n) is 10.7. The van der Waals surface area contributed by atoms with E-state index in [1.807, 2.05) is 6.92 Å². The largest absolute Gasteiger partial charge is 0.393 e. The zero-order valence-corrected chi connectivity index (χ0v) is 10.7. The fourth-order valence-corrected chi connectivity index (χ4v) is 2.20. The third-order valence-electron chi connectivity index (χ3n) is 3.32. The van der Waals surface area contributed by atoms with Gasteiger partial charge < -0.3 is 15.2 Å². The Morgan fingerprint density at radius 1 is 1.50 bits per heavy atom. The minimum absolute atomic E-state index is 0.115. The first-order chi connectivity index (χ1) is 7.72. The third-order valence-corrected chi connectivity index (χ3v) is 3.32. The Bertz CT molecular complexity index is 169. The molecule has 0 aliphatic carbocycles. The van der Waals surface area contributed by atoms with Gasteiger partial charge in [-0.05, 0) is 52.0 Å². The van der Waals surface area contributed by atoms with E-state index < -0.39 is 0 Å². The van der Waals surface area contributed by atoms with Gasteiger partial charge in [0.15, 0.2) is 0 Å². The maximum Gasteiger partial charge on any atom is 0.0590 e. The summed E-state index contributed by atoms with van der Waals surface area (Å²) >= 11 is 0. The predicted molar refractivity (Wildman–Crippen MR) is 66.6 cm³/mol. The molecule has 3 atom stereocenters. The lowest BCUT2D eigenvalue weighted by Gasteiger charge is -2.18. The number of rotatable bonds is 8. The van der Waals surface area contributed by atoms with Crippen molar-refractivity contribution in [3.05, 3.63) is 0 Å². The number of ether oxygens (including phenoxy) is 1. The van der Waals surface area contributed by atoms with E-state index in [2.05, 4.69) is 12.2 Å². The molecular weight excluding hydrogens is 202 g/mol. The van der Waals surface area contributed by atoms with Crippen LogP contribution in [-0.4, -0.2) is 36.5 Å². The summed E-state index contributed by atoms with van der Waals surface area (Å²) in [6.45, 7) is 6.20. The van der Waals surface area contributed by atoms with Crippen molar-refractivity contribution in [3.63, 3.8) is 0 Å². The van der Waals surface area contributed by atoms with Gasteiger partial charge in [0.1, 0.15) is 0 Å². The number of aliphatic hydroxyl groups is 1. The Morgan fingerprint density at radius 3 is 2.94 bits per heavy atom. The Labute approximate surface area is 99.6 Å². The summed E-state index contributed by atoms with van der Waals surface area (Å²) in [5.74, 6) is 0. The average Bonchev–Trinajstić information content (AvgIpc) is 2.76. The topological polar surface area (TPSA) is 41.5 Å². The molecule has 0 aromatic carbocycles. The van der Waals surface area contributed by atoms with Crippen molar-refractivity contribution < 1.29 is 9.84 Å². The van der Waals surface area contributed by atoms with Crippen molar-refractivity contribution in [1.29, 1.82) is 0 Å². The highest BCUT2D eigenvalue weighted by Crippen LogP contribution is 2.16. The molecule has 0 spiro atoms. The molecule has 3 heteroatoms. The highest BCUT2D eigenvalue weighted by atomic mass is 16.5. The van der Waals surface area contributed by atoms with Crippen molar-refractivity contribution in [2.75, 3.05) is 13.2 Å². The molecule has 1 fully saturated rings. The van der Waals surface area contributed by atoms with Gasteiger partial charge in [-0.15, -0.1) is 0 Å². The van der Waals surface area contributed by atoms with Gasteiger partial charge in [0, 0.05) is 12.6 Å². The van der Waals surface area contributed by atoms with Crippen LogP contribution in [0.15, 0.2) is 0 Å². The van der Waals surface area contributed by atoms with Crippen LogP contribution in [-0.2, 0) is 4.74 Å². The van der Waals surface area contributed by atoms with Gasteiger partial charge in [-0.25, -0.2) is 0 Å². The molecule has 0 amide bonds. The van der Waals surface area contributed by atoms with Crippen molar-refractivity contribution in [2.45, 2.75) is 70.6 Å². The molecule has 1 aliphatic heterocycles. The number of hydrogen-bond donors (Lipinski definition) is 2. The van der Waals surface area contributed by atoms with E-state index in [1.54, 1.807) is 0 Å². The molecule has 0 aromatic rings. The summed E-state index contributed by atoms with van der Waals surface area (Å²) in [5.41, 5.74) is 0. The summed E-state index contributed by atoms with van der Waals surface area (Å²) < 4.78 is 5.61. The summed E-state index contributed by atoms with van der Waals surface area (Å²) in [6, 6.07) is 0.530. The van der Waals surface area contributed by atoms with E-state index in [0.29, 0.717) is 12.1 Å². The van der Waals surface area contributed by atoms with E-state index in [0.717, 1.165) is 38.8 Å². The van der Waals surface area contributed by atoms with Gasteiger partial charge in [0.05, 0.1) is 12.2 Å². The van der Waals surface area contributed by atoms with E-state index in [9.17, 15) is 5.11 Å². The summed E-state index contributed by atoms with van der Waals surface area (Å²) in [4.78, 5) is 0. The van der Waals surface area contributed by atoms with Crippen LogP contribution in [0.1, 0.15) is 52.4 Å². The first-order valence-electron chi connectivity index (χ1n) is 6.75. The summed E-state index contributed by atoms with van der Waals surface area (Å²) in [7, 11) is 0. The summed E-state index contributed by atoms with van der Waals surface area (Å²) in [6.07, 6.45) is 6.77. The van der Waals surface area contributed by atoms with Gasteiger partial charge in [0.25, 0.3) is 0 Å². The van der Waals surface area contributed by atoms with E-state index in [1.165, 1.54) is 12.8 Å². The van der Waals surface area contributed by atoms with E-state index in [-0.39, 0.29) is 6.10 Å². The number of nitrogens with one attached hydrogen (secondary N) is 1. The highest BCUT2D eigenvalue weighted by Gasteiger charge is 2.17. The quantitative estimate of drug-likeness (QED) is 0.626. The molecule has 0 bridgehead atoms. The molecule has 2 N–H and O–H groups in total. The lowest BCUT2D eigenvalue weighted by atomic mass is 10.1. The van der Waals surface area contributed by atoms with Crippen molar-refractivity contribution in [3.8, 4) is 0 Å². The predicted octanol–water partition coefficient (Wildman–Crippen LogP) is 2.08. The second-order valence-corrected chi connectivity index (χ2v) is 4.93. The fourth-order valence-electron chi connectivity index (χ4n) is 2.20. The van der Waals surface area contributed by atoms with E-state index in [4.69, 9.17) is 4.74 Å². The molecule has 1 heterocycles. The molecule has 0 aromatic heterocycles. The second-order valence-electron chi connectivity index (χ2n) is 4.93. The number of hydrogen-bond acceptors (Lipinski definition) is 3. The zero-order chi connectivity index (χ0) is 11.8. The van der Waals surface area contributed by atoms with Crippen LogP contribution < -0.4 is 5.32 Å². The molecule has 1 saturated heterocycles. The average molecular weight is 229 g/mol. The first-order valence-corrected chi connectivity index (χ1v) is 6.75. The van der Waals surface area contributed by atoms with Crippen LogP contribution in [0.3, 0.4) is 0 Å². The SMILES string of the molecule is CCC(O)CCCNC(C)CC1CCCO1. The number of aliphatic hydroxyl groups excluding tert-OH is 1. The van der Waals surface area contributed by atoms with Crippen LogP contribution in [0.25, 0.3) is 0 Å². The van der Waals surface area contributed by atoms with E-state index >= 15 is 0 Å². The molecular formula is C13H27NO2. The normalized spacial score (nSPS) is 24.6. The van der Waals surface area contributed by atoms with Crippen LogP contribution in [0.4, 0.5) is 0 Å². The van der Waals surface area contributed by atoms with Crippen LogP contribution in [0, 0.1) is 0 Å². The third kappa shape index (κ3) is 5.83. The first kappa shape index (κ1) is 13.9. The molecule has 96 valence electrons. The van der Waals surface area contributed by atoms with Crippen LogP contribution >= 0.6 is 0 Å². The molecule has 0 saturated carbocycles. The van der Waals surface area contributed by atoms with Crippen molar-refractivity contribution in [2.24, 2.45) is 0 Å². The Kier molecular flexibility index (Phi) is 7.01.